The fourth-order valence-corrected chi connectivity index (χ4v) is 3.86. The summed E-state index contributed by atoms with van der Waals surface area (Å²) in [6.07, 6.45) is 9.90. The average molecular weight is 343 g/mol. The molecule has 1 saturated carbocycles. The van der Waals surface area contributed by atoms with Crippen molar-refractivity contribution in [3.05, 3.63) is 18.0 Å². The van der Waals surface area contributed by atoms with Crippen LogP contribution in [0.5, 0.6) is 0 Å². The number of halogens is 1. The van der Waals surface area contributed by atoms with Crippen molar-refractivity contribution >= 4 is 18.3 Å². The second-order valence-electron chi connectivity index (χ2n) is 7.19. The van der Waals surface area contributed by atoms with E-state index in [2.05, 4.69) is 29.6 Å². The molecule has 5 nitrogen and oxygen atoms in total. The van der Waals surface area contributed by atoms with Gasteiger partial charge in [0.05, 0.1) is 6.20 Å². The van der Waals surface area contributed by atoms with Gasteiger partial charge >= 0.3 is 0 Å². The van der Waals surface area contributed by atoms with Crippen LogP contribution in [-0.2, 0) is 11.8 Å². The normalized spacial score (nSPS) is 17.8. The van der Waals surface area contributed by atoms with Gasteiger partial charge in [-0.2, -0.15) is 5.10 Å². The molecule has 0 bridgehead atoms. The summed E-state index contributed by atoms with van der Waals surface area (Å²) in [6, 6.07) is -0.328. The van der Waals surface area contributed by atoms with Crippen LogP contribution in [0.3, 0.4) is 0 Å². The molecule has 0 radical (unpaired) electrons. The Morgan fingerprint density at radius 2 is 2.04 bits per heavy atom. The number of carbonyl (C=O) groups excluding carboxylic acids is 1. The molecule has 132 valence electrons. The monoisotopic (exact) mass is 342 g/mol. The summed E-state index contributed by atoms with van der Waals surface area (Å²) < 4.78 is 1.73. The number of aromatic nitrogens is 2. The van der Waals surface area contributed by atoms with Crippen LogP contribution in [0.2, 0.25) is 0 Å². The van der Waals surface area contributed by atoms with Crippen molar-refractivity contribution in [2.75, 3.05) is 13.6 Å². The molecule has 1 aliphatic rings. The van der Waals surface area contributed by atoms with Gasteiger partial charge in [0.15, 0.2) is 0 Å². The number of likely N-dealkylation sites (N-methyl/N-ethyl adjacent to an activating group) is 1. The Hall–Kier alpha value is -1.07. The molecule has 1 atom stereocenters. The Bertz CT molecular complexity index is 495. The predicted molar refractivity (Wildman–Crippen MR) is 95.6 cm³/mol. The largest absolute Gasteiger partial charge is 0.354 e. The Labute approximate surface area is 146 Å². The Kier molecular flexibility index (Phi) is 7.55. The number of hydrogen-bond acceptors (Lipinski definition) is 3. The molecule has 1 aromatic heterocycles. The molecule has 1 amide bonds. The lowest BCUT2D eigenvalue weighted by atomic mass is 9.78. The molecule has 0 spiro atoms. The number of nitrogens with zero attached hydrogens (tertiary/aromatic N) is 2. The van der Waals surface area contributed by atoms with Gasteiger partial charge in [-0.15, -0.1) is 12.4 Å². The molecule has 2 N–H and O–H groups in total. The number of amides is 1. The van der Waals surface area contributed by atoms with E-state index in [-0.39, 0.29) is 24.4 Å². The highest BCUT2D eigenvalue weighted by Gasteiger charge is 2.35. The topological polar surface area (TPSA) is 59.0 Å². The lowest BCUT2D eigenvalue weighted by Gasteiger charge is -2.31. The average Bonchev–Trinajstić information content (AvgIpc) is 3.07. The first-order valence-electron chi connectivity index (χ1n) is 8.39. The fraction of sp³-hybridized carbons (Fsp3) is 0.765. The van der Waals surface area contributed by atoms with Gasteiger partial charge in [0, 0.05) is 25.4 Å². The Morgan fingerprint density at radius 1 is 1.39 bits per heavy atom. The number of rotatable bonds is 7. The zero-order valence-electron chi connectivity index (χ0n) is 14.8. The van der Waals surface area contributed by atoms with Crippen LogP contribution in [0.4, 0.5) is 0 Å². The van der Waals surface area contributed by atoms with Crippen molar-refractivity contribution in [2.24, 2.45) is 18.4 Å². The fourth-order valence-electron chi connectivity index (χ4n) is 3.86. The maximum atomic E-state index is 12.6. The second-order valence-corrected chi connectivity index (χ2v) is 7.19. The molecule has 0 saturated heterocycles. The molecule has 0 aliphatic heterocycles. The SMILES string of the molecule is CNC(C(=O)NCC1(CC(C)C)CCCC1)c1cnn(C)c1.Cl. The summed E-state index contributed by atoms with van der Waals surface area (Å²) in [5.74, 6) is 0.721. The van der Waals surface area contributed by atoms with Crippen LogP contribution in [0, 0.1) is 11.3 Å². The van der Waals surface area contributed by atoms with Crippen LogP contribution in [0.1, 0.15) is 57.6 Å². The van der Waals surface area contributed by atoms with Crippen molar-refractivity contribution in [2.45, 2.75) is 52.0 Å². The van der Waals surface area contributed by atoms with E-state index in [0.717, 1.165) is 12.1 Å². The van der Waals surface area contributed by atoms with Gasteiger partial charge < -0.3 is 10.6 Å². The van der Waals surface area contributed by atoms with Crippen molar-refractivity contribution in [1.29, 1.82) is 0 Å². The number of carbonyl (C=O) groups is 1. The third-order valence-corrected chi connectivity index (χ3v) is 4.75. The van der Waals surface area contributed by atoms with Crippen molar-refractivity contribution < 1.29 is 4.79 Å². The molecule has 1 unspecified atom stereocenters. The summed E-state index contributed by atoms with van der Waals surface area (Å²) in [5.41, 5.74) is 1.21. The highest BCUT2D eigenvalue weighted by Crippen LogP contribution is 2.42. The zero-order valence-corrected chi connectivity index (χ0v) is 15.6. The van der Waals surface area contributed by atoms with Gasteiger partial charge in [0.1, 0.15) is 6.04 Å². The second kappa shape index (κ2) is 8.69. The minimum absolute atomic E-state index is 0. The number of hydrogen-bond donors (Lipinski definition) is 2. The Morgan fingerprint density at radius 3 is 2.52 bits per heavy atom. The van der Waals surface area contributed by atoms with E-state index in [0.29, 0.717) is 11.3 Å². The highest BCUT2D eigenvalue weighted by atomic mass is 35.5. The molecule has 0 aromatic carbocycles. The molecular formula is C17H31ClN4O. The Balaban J connectivity index is 0.00000264. The first-order valence-corrected chi connectivity index (χ1v) is 8.39. The van der Waals surface area contributed by atoms with Crippen molar-refractivity contribution in [3.63, 3.8) is 0 Å². The molecule has 1 fully saturated rings. The van der Waals surface area contributed by atoms with Crippen LogP contribution < -0.4 is 10.6 Å². The van der Waals surface area contributed by atoms with E-state index in [1.54, 1.807) is 10.9 Å². The molecule has 1 aliphatic carbocycles. The number of aryl methyl sites for hydroxylation is 1. The van der Waals surface area contributed by atoms with Gasteiger partial charge in [-0.3, -0.25) is 9.48 Å². The van der Waals surface area contributed by atoms with Crippen molar-refractivity contribution in [1.82, 2.24) is 20.4 Å². The maximum absolute atomic E-state index is 12.6. The minimum atomic E-state index is -0.328. The maximum Gasteiger partial charge on any atom is 0.241 e. The quantitative estimate of drug-likeness (QED) is 0.801. The smallest absolute Gasteiger partial charge is 0.241 e. The predicted octanol–water partition coefficient (Wildman–Crippen LogP) is 2.83. The van der Waals surface area contributed by atoms with Crippen LogP contribution in [0.15, 0.2) is 12.4 Å². The molecule has 2 rings (SSSR count). The molecule has 6 heteroatoms. The van der Waals surface area contributed by atoms with Gasteiger partial charge in [-0.1, -0.05) is 26.7 Å². The van der Waals surface area contributed by atoms with E-state index < -0.39 is 0 Å². The van der Waals surface area contributed by atoms with Gasteiger partial charge in [-0.25, -0.2) is 0 Å². The third kappa shape index (κ3) is 5.21. The van der Waals surface area contributed by atoms with Gasteiger partial charge in [0.25, 0.3) is 0 Å². The molecule has 1 heterocycles. The van der Waals surface area contributed by atoms with Crippen LogP contribution in [-0.4, -0.2) is 29.3 Å². The summed E-state index contributed by atoms with van der Waals surface area (Å²) in [6.45, 7) is 5.34. The first-order chi connectivity index (χ1) is 10.5. The van der Waals surface area contributed by atoms with E-state index in [1.807, 2.05) is 20.3 Å². The third-order valence-electron chi connectivity index (χ3n) is 4.75. The molecule has 23 heavy (non-hydrogen) atoms. The summed E-state index contributed by atoms with van der Waals surface area (Å²) in [4.78, 5) is 12.6. The van der Waals surface area contributed by atoms with Gasteiger partial charge in [0.2, 0.25) is 5.91 Å². The van der Waals surface area contributed by atoms with E-state index in [9.17, 15) is 4.79 Å². The minimum Gasteiger partial charge on any atom is -0.354 e. The molecular weight excluding hydrogens is 312 g/mol. The summed E-state index contributed by atoms with van der Waals surface area (Å²) >= 11 is 0. The van der Waals surface area contributed by atoms with E-state index in [4.69, 9.17) is 0 Å². The van der Waals surface area contributed by atoms with Crippen LogP contribution in [0.25, 0.3) is 0 Å². The van der Waals surface area contributed by atoms with Crippen molar-refractivity contribution in [3.8, 4) is 0 Å². The summed E-state index contributed by atoms with van der Waals surface area (Å²) in [7, 11) is 3.68. The van der Waals surface area contributed by atoms with Gasteiger partial charge in [-0.05, 0) is 37.6 Å². The van der Waals surface area contributed by atoms with Crippen LogP contribution >= 0.6 is 12.4 Å². The highest BCUT2D eigenvalue weighted by molar-refractivity contribution is 5.85. The molecule has 1 aromatic rings. The first kappa shape index (κ1) is 20.0. The standard InChI is InChI=1S/C17H30N4O.ClH/c1-13(2)9-17(7-5-6-8-17)12-19-16(22)15(18-3)14-10-20-21(4)11-14;/h10-11,13,15,18H,5-9,12H2,1-4H3,(H,19,22);1H. The van der Waals surface area contributed by atoms with E-state index >= 15 is 0 Å². The van der Waals surface area contributed by atoms with E-state index in [1.165, 1.54) is 32.1 Å². The lowest BCUT2D eigenvalue weighted by molar-refractivity contribution is -0.123. The lowest BCUT2D eigenvalue weighted by Crippen LogP contribution is -2.42. The number of nitrogens with one attached hydrogen (secondary N) is 2. The summed E-state index contributed by atoms with van der Waals surface area (Å²) in [5, 5.41) is 10.4. The zero-order chi connectivity index (χ0) is 16.2.